The molecule has 0 aliphatic carbocycles. The summed E-state index contributed by atoms with van der Waals surface area (Å²) in [6.07, 6.45) is 4.31. The number of rotatable bonds is 9. The highest BCUT2D eigenvalue weighted by molar-refractivity contribution is 6.04. The molecule has 1 aliphatic rings. The molecule has 1 fully saturated rings. The first-order chi connectivity index (χ1) is 14.1. The van der Waals surface area contributed by atoms with Crippen LogP contribution in [0, 0.1) is 0 Å². The number of imide groups is 1. The molecule has 1 aromatic carbocycles. The SMILES string of the molecule is COc1ccc(CCN2C(=O)N[C@@H](CCC(=O)NCc3ccncc3)C2=O)cc1. The third-order valence-electron chi connectivity index (χ3n) is 4.79. The van der Waals surface area contributed by atoms with Crippen LogP contribution in [0.1, 0.15) is 24.0 Å². The molecule has 1 atom stereocenters. The van der Waals surface area contributed by atoms with Gasteiger partial charge in [0.05, 0.1) is 7.11 Å². The Bertz CT molecular complexity index is 855. The summed E-state index contributed by atoms with van der Waals surface area (Å²) in [7, 11) is 1.60. The molecule has 1 saturated heterocycles. The average molecular weight is 396 g/mol. The van der Waals surface area contributed by atoms with Crippen LogP contribution in [-0.4, -0.2) is 47.4 Å². The van der Waals surface area contributed by atoms with E-state index in [1.54, 1.807) is 19.5 Å². The Labute approximate surface area is 169 Å². The summed E-state index contributed by atoms with van der Waals surface area (Å²) in [6, 6.07) is 10.1. The van der Waals surface area contributed by atoms with Crippen molar-refractivity contribution in [3.8, 4) is 5.75 Å². The molecule has 152 valence electrons. The monoisotopic (exact) mass is 396 g/mol. The van der Waals surface area contributed by atoms with Crippen LogP contribution in [0.5, 0.6) is 5.75 Å². The molecular formula is C21H24N4O4. The van der Waals surface area contributed by atoms with Crippen molar-refractivity contribution < 1.29 is 19.1 Å². The van der Waals surface area contributed by atoms with Crippen molar-refractivity contribution in [2.75, 3.05) is 13.7 Å². The molecular weight excluding hydrogens is 372 g/mol. The largest absolute Gasteiger partial charge is 0.497 e. The van der Waals surface area contributed by atoms with E-state index < -0.39 is 12.1 Å². The number of amides is 4. The molecule has 1 aromatic heterocycles. The first-order valence-corrected chi connectivity index (χ1v) is 9.47. The summed E-state index contributed by atoms with van der Waals surface area (Å²) in [4.78, 5) is 41.8. The topological polar surface area (TPSA) is 101 Å². The predicted octanol–water partition coefficient (Wildman–Crippen LogP) is 1.65. The van der Waals surface area contributed by atoms with Gasteiger partial charge in [-0.2, -0.15) is 0 Å². The van der Waals surface area contributed by atoms with Gasteiger partial charge < -0.3 is 15.4 Å². The van der Waals surface area contributed by atoms with Gasteiger partial charge in [-0.3, -0.25) is 19.5 Å². The quantitative estimate of drug-likeness (QED) is 0.628. The molecule has 0 saturated carbocycles. The number of nitrogens with zero attached hydrogens (tertiary/aromatic N) is 2. The molecule has 1 aliphatic heterocycles. The highest BCUT2D eigenvalue weighted by atomic mass is 16.5. The number of ether oxygens (including phenoxy) is 1. The summed E-state index contributed by atoms with van der Waals surface area (Å²) in [5.41, 5.74) is 1.95. The van der Waals surface area contributed by atoms with Crippen molar-refractivity contribution in [2.24, 2.45) is 0 Å². The second kappa shape index (κ2) is 9.68. The van der Waals surface area contributed by atoms with Crippen LogP contribution >= 0.6 is 0 Å². The molecule has 0 unspecified atom stereocenters. The number of hydrogen-bond donors (Lipinski definition) is 2. The van der Waals surface area contributed by atoms with Crippen molar-refractivity contribution in [2.45, 2.75) is 31.8 Å². The van der Waals surface area contributed by atoms with Gasteiger partial charge in [-0.15, -0.1) is 0 Å². The maximum atomic E-state index is 12.5. The molecule has 3 rings (SSSR count). The minimum Gasteiger partial charge on any atom is -0.497 e. The van der Waals surface area contributed by atoms with Crippen LogP contribution in [0.25, 0.3) is 0 Å². The molecule has 2 heterocycles. The van der Waals surface area contributed by atoms with Crippen LogP contribution in [0.2, 0.25) is 0 Å². The number of benzene rings is 1. The smallest absolute Gasteiger partial charge is 0.324 e. The van der Waals surface area contributed by atoms with E-state index in [4.69, 9.17) is 4.74 Å². The van der Waals surface area contributed by atoms with E-state index in [0.717, 1.165) is 16.9 Å². The lowest BCUT2D eigenvalue weighted by Gasteiger charge is -2.13. The zero-order chi connectivity index (χ0) is 20.6. The number of carbonyl (C=O) groups is 3. The van der Waals surface area contributed by atoms with Gasteiger partial charge in [0.25, 0.3) is 5.91 Å². The maximum Gasteiger partial charge on any atom is 0.324 e. The lowest BCUT2D eigenvalue weighted by atomic mass is 10.1. The highest BCUT2D eigenvalue weighted by Gasteiger charge is 2.37. The minimum absolute atomic E-state index is 0.161. The van der Waals surface area contributed by atoms with Gasteiger partial charge in [0.15, 0.2) is 0 Å². The van der Waals surface area contributed by atoms with Crippen molar-refractivity contribution in [1.29, 1.82) is 0 Å². The minimum atomic E-state index is -0.662. The third kappa shape index (κ3) is 5.54. The van der Waals surface area contributed by atoms with Gasteiger partial charge in [0, 0.05) is 31.9 Å². The van der Waals surface area contributed by atoms with E-state index in [0.29, 0.717) is 19.5 Å². The number of nitrogens with one attached hydrogen (secondary N) is 2. The Morgan fingerprint density at radius 2 is 1.86 bits per heavy atom. The fraction of sp³-hybridized carbons (Fsp3) is 0.333. The molecule has 8 heteroatoms. The molecule has 2 aromatic rings. The summed E-state index contributed by atoms with van der Waals surface area (Å²) >= 11 is 0. The molecule has 29 heavy (non-hydrogen) atoms. The van der Waals surface area contributed by atoms with Crippen LogP contribution in [0.4, 0.5) is 4.79 Å². The predicted molar refractivity (Wildman–Crippen MR) is 106 cm³/mol. The zero-order valence-corrected chi connectivity index (χ0v) is 16.3. The number of urea groups is 1. The molecule has 0 bridgehead atoms. The van der Waals surface area contributed by atoms with E-state index in [-0.39, 0.29) is 24.7 Å². The van der Waals surface area contributed by atoms with Crippen LogP contribution < -0.4 is 15.4 Å². The van der Waals surface area contributed by atoms with Gasteiger partial charge >= 0.3 is 6.03 Å². The zero-order valence-electron chi connectivity index (χ0n) is 16.3. The van der Waals surface area contributed by atoms with Crippen LogP contribution in [-0.2, 0) is 22.6 Å². The summed E-state index contributed by atoms with van der Waals surface area (Å²) < 4.78 is 5.12. The normalized spacial score (nSPS) is 15.9. The van der Waals surface area contributed by atoms with E-state index >= 15 is 0 Å². The second-order valence-electron chi connectivity index (χ2n) is 6.76. The van der Waals surface area contributed by atoms with Crippen molar-refractivity contribution in [3.05, 3.63) is 59.9 Å². The Hall–Kier alpha value is -3.42. The van der Waals surface area contributed by atoms with Gasteiger partial charge in [-0.25, -0.2) is 4.79 Å². The van der Waals surface area contributed by atoms with Crippen molar-refractivity contribution >= 4 is 17.8 Å². The number of pyridine rings is 1. The molecule has 2 N–H and O–H groups in total. The van der Waals surface area contributed by atoms with Gasteiger partial charge in [-0.05, 0) is 48.2 Å². The number of methoxy groups -OCH3 is 1. The maximum absolute atomic E-state index is 12.5. The second-order valence-corrected chi connectivity index (χ2v) is 6.76. The molecule has 0 radical (unpaired) electrons. The Balaban J connectivity index is 1.43. The summed E-state index contributed by atoms with van der Waals surface area (Å²) in [6.45, 7) is 0.696. The average Bonchev–Trinajstić information content (AvgIpc) is 3.03. The Morgan fingerprint density at radius 1 is 1.14 bits per heavy atom. The highest BCUT2D eigenvalue weighted by Crippen LogP contribution is 2.15. The fourth-order valence-electron chi connectivity index (χ4n) is 3.08. The fourth-order valence-corrected chi connectivity index (χ4v) is 3.08. The van der Waals surface area contributed by atoms with Crippen LogP contribution in [0.3, 0.4) is 0 Å². The summed E-state index contributed by atoms with van der Waals surface area (Å²) in [5.74, 6) is 0.303. The Kier molecular flexibility index (Phi) is 6.78. The molecule has 0 spiro atoms. The number of aromatic nitrogens is 1. The van der Waals surface area contributed by atoms with Gasteiger partial charge in [0.2, 0.25) is 5.91 Å². The molecule has 8 nitrogen and oxygen atoms in total. The lowest BCUT2D eigenvalue weighted by Crippen LogP contribution is -2.34. The van der Waals surface area contributed by atoms with Crippen molar-refractivity contribution in [3.63, 3.8) is 0 Å². The number of hydrogen-bond acceptors (Lipinski definition) is 5. The number of carbonyl (C=O) groups excluding carboxylic acids is 3. The summed E-state index contributed by atoms with van der Waals surface area (Å²) in [5, 5.41) is 5.47. The van der Waals surface area contributed by atoms with E-state index in [2.05, 4.69) is 15.6 Å². The molecule has 4 amide bonds. The van der Waals surface area contributed by atoms with Gasteiger partial charge in [-0.1, -0.05) is 12.1 Å². The first-order valence-electron chi connectivity index (χ1n) is 9.47. The Morgan fingerprint density at radius 3 is 2.55 bits per heavy atom. The van der Waals surface area contributed by atoms with E-state index in [1.807, 2.05) is 36.4 Å². The first kappa shape index (κ1) is 20.3. The third-order valence-corrected chi connectivity index (χ3v) is 4.79. The van der Waals surface area contributed by atoms with E-state index in [1.165, 1.54) is 4.90 Å². The lowest BCUT2D eigenvalue weighted by molar-refractivity contribution is -0.127. The standard InChI is InChI=1S/C21H24N4O4/c1-29-17-4-2-15(3-5-17)10-13-25-20(27)18(24-21(25)28)6-7-19(26)23-14-16-8-11-22-12-9-16/h2-5,8-9,11-12,18H,6-7,10,13-14H2,1H3,(H,23,26)(H,24,28)/t18-/m0/s1. The van der Waals surface area contributed by atoms with Crippen molar-refractivity contribution in [1.82, 2.24) is 20.5 Å². The van der Waals surface area contributed by atoms with E-state index in [9.17, 15) is 14.4 Å². The van der Waals surface area contributed by atoms with Gasteiger partial charge in [0.1, 0.15) is 11.8 Å². The van der Waals surface area contributed by atoms with Crippen LogP contribution in [0.15, 0.2) is 48.8 Å².